The third-order valence-electron chi connectivity index (χ3n) is 3.04. The first-order valence-corrected chi connectivity index (χ1v) is 5.78. The van der Waals surface area contributed by atoms with Crippen LogP contribution in [0.2, 0.25) is 0 Å². The van der Waals surface area contributed by atoms with Gasteiger partial charge in [0.15, 0.2) is 0 Å². The summed E-state index contributed by atoms with van der Waals surface area (Å²) in [5.41, 5.74) is 0. The first-order valence-electron chi connectivity index (χ1n) is 5.78. The molecule has 2 aliphatic heterocycles. The Balaban J connectivity index is 1.93. The van der Waals surface area contributed by atoms with E-state index in [1.165, 1.54) is 0 Å². The lowest BCUT2D eigenvalue weighted by Crippen LogP contribution is -2.65. The maximum Gasteiger partial charge on any atom is 0.223 e. The highest BCUT2D eigenvalue weighted by Gasteiger charge is 2.37. The van der Waals surface area contributed by atoms with Crippen molar-refractivity contribution in [1.29, 1.82) is 0 Å². The van der Waals surface area contributed by atoms with E-state index in [0.29, 0.717) is 30.3 Å². The highest BCUT2D eigenvalue weighted by Crippen LogP contribution is 2.19. The minimum Gasteiger partial charge on any atom is -0.377 e. The maximum atomic E-state index is 12.1. The van der Waals surface area contributed by atoms with E-state index in [2.05, 4.69) is 24.1 Å². The van der Waals surface area contributed by atoms with Gasteiger partial charge >= 0.3 is 0 Å². The number of rotatable bonds is 4. The molecule has 2 saturated heterocycles. The second-order valence-corrected chi connectivity index (χ2v) is 4.90. The van der Waals surface area contributed by atoms with E-state index in [1.54, 1.807) is 0 Å². The second kappa shape index (κ2) is 4.49. The van der Waals surface area contributed by atoms with Gasteiger partial charge in [0.1, 0.15) is 0 Å². The van der Waals surface area contributed by atoms with Crippen molar-refractivity contribution < 1.29 is 9.53 Å². The molecule has 0 aliphatic carbocycles. The first kappa shape index (κ1) is 10.9. The molecule has 86 valence electrons. The SMILES string of the molecule is CC(C)CC(=O)N(C1CNC1)C1COC1. The van der Waals surface area contributed by atoms with Crippen molar-refractivity contribution in [3.05, 3.63) is 0 Å². The molecule has 0 aromatic heterocycles. The standard InChI is InChI=1S/C11H20N2O2/c1-8(2)3-11(14)13(9-4-12-5-9)10-6-15-7-10/h8-10,12H,3-7H2,1-2H3. The zero-order valence-corrected chi connectivity index (χ0v) is 9.53. The minimum atomic E-state index is 0.296. The second-order valence-electron chi connectivity index (χ2n) is 4.90. The Morgan fingerprint density at radius 1 is 1.40 bits per heavy atom. The van der Waals surface area contributed by atoms with Crippen molar-refractivity contribution >= 4 is 5.91 Å². The molecule has 2 heterocycles. The molecule has 4 heteroatoms. The third kappa shape index (κ3) is 2.32. The first-order chi connectivity index (χ1) is 7.18. The number of nitrogens with zero attached hydrogens (tertiary/aromatic N) is 1. The number of amides is 1. The van der Waals surface area contributed by atoms with Crippen LogP contribution in [0.3, 0.4) is 0 Å². The van der Waals surface area contributed by atoms with Crippen LogP contribution in [0.1, 0.15) is 20.3 Å². The molecule has 2 fully saturated rings. The molecule has 0 spiro atoms. The van der Waals surface area contributed by atoms with Gasteiger partial charge in [-0.3, -0.25) is 4.79 Å². The van der Waals surface area contributed by atoms with Crippen LogP contribution in [0, 0.1) is 5.92 Å². The van der Waals surface area contributed by atoms with Crippen molar-refractivity contribution in [3.63, 3.8) is 0 Å². The minimum absolute atomic E-state index is 0.296. The van der Waals surface area contributed by atoms with Gasteiger partial charge in [-0.2, -0.15) is 0 Å². The number of hydrogen-bond acceptors (Lipinski definition) is 3. The summed E-state index contributed by atoms with van der Waals surface area (Å²) in [4.78, 5) is 14.1. The van der Waals surface area contributed by atoms with Crippen LogP contribution in [0.15, 0.2) is 0 Å². The molecule has 2 aliphatic rings. The summed E-state index contributed by atoms with van der Waals surface area (Å²) in [6, 6.07) is 0.744. The molecule has 1 N–H and O–H groups in total. The van der Waals surface area contributed by atoms with E-state index in [-0.39, 0.29) is 0 Å². The molecule has 0 atom stereocenters. The zero-order chi connectivity index (χ0) is 10.8. The molecular weight excluding hydrogens is 192 g/mol. The summed E-state index contributed by atoms with van der Waals surface area (Å²) >= 11 is 0. The molecule has 2 rings (SSSR count). The Morgan fingerprint density at radius 2 is 2.07 bits per heavy atom. The summed E-state index contributed by atoms with van der Waals surface area (Å²) in [5.74, 6) is 0.735. The quantitative estimate of drug-likeness (QED) is 0.725. The summed E-state index contributed by atoms with van der Waals surface area (Å²) in [5, 5.41) is 3.22. The molecule has 0 saturated carbocycles. The van der Waals surface area contributed by atoms with Crippen molar-refractivity contribution in [2.24, 2.45) is 5.92 Å². The summed E-state index contributed by atoms with van der Waals surface area (Å²) in [6.07, 6.45) is 0.660. The van der Waals surface area contributed by atoms with Crippen LogP contribution in [0.4, 0.5) is 0 Å². The number of nitrogens with one attached hydrogen (secondary N) is 1. The lowest BCUT2D eigenvalue weighted by atomic mass is 10.0. The average molecular weight is 212 g/mol. The average Bonchev–Trinajstić information content (AvgIpc) is 1.94. The van der Waals surface area contributed by atoms with Crippen molar-refractivity contribution in [2.45, 2.75) is 32.4 Å². The number of ether oxygens (including phenoxy) is 1. The smallest absolute Gasteiger partial charge is 0.223 e. The molecular formula is C11H20N2O2. The fourth-order valence-corrected chi connectivity index (χ4v) is 2.01. The van der Waals surface area contributed by atoms with Gasteiger partial charge in [0.2, 0.25) is 5.91 Å². The van der Waals surface area contributed by atoms with Crippen LogP contribution in [-0.4, -0.2) is 49.2 Å². The van der Waals surface area contributed by atoms with E-state index in [0.717, 1.165) is 26.3 Å². The Morgan fingerprint density at radius 3 is 2.40 bits per heavy atom. The number of carbonyl (C=O) groups excluding carboxylic acids is 1. The van der Waals surface area contributed by atoms with Crippen LogP contribution in [0.25, 0.3) is 0 Å². The number of carbonyl (C=O) groups is 1. The monoisotopic (exact) mass is 212 g/mol. The topological polar surface area (TPSA) is 41.6 Å². The van der Waals surface area contributed by atoms with E-state index < -0.39 is 0 Å². The van der Waals surface area contributed by atoms with Gasteiger partial charge in [-0.25, -0.2) is 0 Å². The van der Waals surface area contributed by atoms with Crippen LogP contribution < -0.4 is 5.32 Å². The van der Waals surface area contributed by atoms with Crippen molar-refractivity contribution in [3.8, 4) is 0 Å². The summed E-state index contributed by atoms with van der Waals surface area (Å²) in [6.45, 7) is 7.51. The van der Waals surface area contributed by atoms with Gasteiger partial charge < -0.3 is 15.0 Å². The molecule has 1 amide bonds. The van der Waals surface area contributed by atoms with Crippen molar-refractivity contribution in [1.82, 2.24) is 10.2 Å². The Hall–Kier alpha value is -0.610. The van der Waals surface area contributed by atoms with Crippen LogP contribution in [0.5, 0.6) is 0 Å². The van der Waals surface area contributed by atoms with E-state index in [9.17, 15) is 4.79 Å². The predicted octanol–water partition coefficient (Wildman–Crippen LogP) is 0.232. The van der Waals surface area contributed by atoms with Crippen molar-refractivity contribution in [2.75, 3.05) is 26.3 Å². The lowest BCUT2D eigenvalue weighted by Gasteiger charge is -2.46. The van der Waals surface area contributed by atoms with Gasteiger partial charge in [-0.15, -0.1) is 0 Å². The Kier molecular flexibility index (Phi) is 3.26. The molecule has 15 heavy (non-hydrogen) atoms. The van der Waals surface area contributed by atoms with Crippen LogP contribution >= 0.6 is 0 Å². The highest BCUT2D eigenvalue weighted by atomic mass is 16.5. The fourth-order valence-electron chi connectivity index (χ4n) is 2.01. The highest BCUT2D eigenvalue weighted by molar-refractivity contribution is 5.77. The van der Waals surface area contributed by atoms with Gasteiger partial charge in [0.25, 0.3) is 0 Å². The summed E-state index contributed by atoms with van der Waals surface area (Å²) < 4.78 is 5.18. The lowest BCUT2D eigenvalue weighted by molar-refractivity contribution is -0.152. The Bertz CT molecular complexity index is 221. The maximum absolute atomic E-state index is 12.1. The molecule has 4 nitrogen and oxygen atoms in total. The fraction of sp³-hybridized carbons (Fsp3) is 0.909. The molecule has 0 radical (unpaired) electrons. The van der Waals surface area contributed by atoms with Gasteiger partial charge in [-0.05, 0) is 5.92 Å². The van der Waals surface area contributed by atoms with Gasteiger partial charge in [0.05, 0.1) is 25.3 Å². The molecule has 0 unspecified atom stereocenters. The molecule has 0 aromatic rings. The normalized spacial score (nSPS) is 22.3. The third-order valence-corrected chi connectivity index (χ3v) is 3.04. The Labute approximate surface area is 91.0 Å². The summed E-state index contributed by atoms with van der Waals surface area (Å²) in [7, 11) is 0. The van der Waals surface area contributed by atoms with E-state index in [4.69, 9.17) is 4.74 Å². The van der Waals surface area contributed by atoms with Gasteiger partial charge in [0, 0.05) is 19.5 Å². The largest absolute Gasteiger partial charge is 0.377 e. The number of hydrogen-bond donors (Lipinski definition) is 1. The van der Waals surface area contributed by atoms with E-state index in [1.807, 2.05) is 0 Å². The molecule has 0 aromatic carbocycles. The van der Waals surface area contributed by atoms with Crippen LogP contribution in [-0.2, 0) is 9.53 Å². The zero-order valence-electron chi connectivity index (χ0n) is 9.53. The van der Waals surface area contributed by atoms with E-state index >= 15 is 0 Å². The predicted molar refractivity (Wildman–Crippen MR) is 57.6 cm³/mol. The van der Waals surface area contributed by atoms with Gasteiger partial charge in [-0.1, -0.05) is 13.8 Å². The molecule has 0 bridgehead atoms.